The Kier molecular flexibility index (Phi) is 5.15. The third-order valence-corrected chi connectivity index (χ3v) is 4.39. The normalized spacial score (nSPS) is 12.3. The molecule has 0 bridgehead atoms. The van der Waals surface area contributed by atoms with Crippen LogP contribution in [0.5, 0.6) is 0 Å². The molecule has 122 valence electrons. The molecule has 0 saturated heterocycles. The van der Waals surface area contributed by atoms with E-state index in [1.165, 1.54) is 29.4 Å². The van der Waals surface area contributed by atoms with Gasteiger partial charge in [0.1, 0.15) is 0 Å². The number of fused-ring (bicyclic) bond motifs is 1. The number of anilines is 1. The lowest BCUT2D eigenvalue weighted by Gasteiger charge is -2.34. The Balaban J connectivity index is 2.32. The minimum absolute atomic E-state index is 0.288. The van der Waals surface area contributed by atoms with Gasteiger partial charge in [0.25, 0.3) is 0 Å². The smallest absolute Gasteiger partial charge is 0.0680 e. The van der Waals surface area contributed by atoms with Crippen molar-refractivity contribution in [1.29, 1.82) is 0 Å². The topological polar surface area (TPSA) is 21.1 Å². The number of rotatable bonds is 6. The molecular weight excluding hydrogens is 270 g/mol. The monoisotopic (exact) mass is 301 g/mol. The summed E-state index contributed by atoms with van der Waals surface area (Å²) in [6, 6.07) is 6.73. The van der Waals surface area contributed by atoms with Crippen molar-refractivity contribution in [3.05, 3.63) is 24.4 Å². The summed E-state index contributed by atoms with van der Waals surface area (Å²) in [5.41, 5.74) is 2.81. The second kappa shape index (κ2) is 6.72. The van der Waals surface area contributed by atoms with Gasteiger partial charge < -0.3 is 4.90 Å². The molecule has 22 heavy (non-hydrogen) atoms. The van der Waals surface area contributed by atoms with Gasteiger partial charge >= 0.3 is 0 Å². The second-order valence-corrected chi connectivity index (χ2v) is 7.63. The van der Waals surface area contributed by atoms with Crippen LogP contribution >= 0.6 is 0 Å². The first-order valence-corrected chi connectivity index (χ1v) is 8.50. The maximum Gasteiger partial charge on any atom is 0.0680 e. The Bertz CT molecular complexity index is 603. The zero-order chi connectivity index (χ0) is 16.3. The molecule has 0 fully saturated rings. The fourth-order valence-electron chi connectivity index (χ4n) is 3.04. The van der Waals surface area contributed by atoms with Gasteiger partial charge in [-0.25, -0.2) is 0 Å². The molecule has 0 unspecified atom stereocenters. The standard InChI is InChI=1S/C19H31N3/c1-7-15(8-2)13-22(14-19(3,4)5)17-9-10-18-16(11-17)12-20-21(18)6/h9-12,15H,7-8,13-14H2,1-6H3. The van der Waals surface area contributed by atoms with E-state index < -0.39 is 0 Å². The lowest BCUT2D eigenvalue weighted by Crippen LogP contribution is -2.36. The molecule has 2 rings (SSSR count). The van der Waals surface area contributed by atoms with Crippen LogP contribution in [0.15, 0.2) is 24.4 Å². The van der Waals surface area contributed by atoms with Crippen molar-refractivity contribution in [3.63, 3.8) is 0 Å². The predicted octanol–water partition coefficient (Wildman–Crippen LogP) is 4.86. The van der Waals surface area contributed by atoms with Crippen molar-refractivity contribution in [3.8, 4) is 0 Å². The fraction of sp³-hybridized carbons (Fsp3) is 0.632. The van der Waals surface area contributed by atoms with Crippen molar-refractivity contribution in [2.75, 3.05) is 18.0 Å². The SMILES string of the molecule is CCC(CC)CN(CC(C)(C)C)c1ccc2c(cnn2C)c1. The number of aromatic nitrogens is 2. The molecule has 0 atom stereocenters. The van der Waals surface area contributed by atoms with Gasteiger partial charge in [0.15, 0.2) is 0 Å². The molecule has 1 aromatic heterocycles. The summed E-state index contributed by atoms with van der Waals surface area (Å²) in [6.07, 6.45) is 4.45. The van der Waals surface area contributed by atoms with E-state index in [-0.39, 0.29) is 5.41 Å². The summed E-state index contributed by atoms with van der Waals surface area (Å²) in [5, 5.41) is 5.59. The van der Waals surface area contributed by atoms with Gasteiger partial charge in [-0.2, -0.15) is 5.10 Å². The van der Waals surface area contributed by atoms with Crippen molar-refractivity contribution in [1.82, 2.24) is 9.78 Å². The lowest BCUT2D eigenvalue weighted by atomic mass is 9.94. The highest BCUT2D eigenvalue weighted by atomic mass is 15.2. The minimum atomic E-state index is 0.288. The van der Waals surface area contributed by atoms with Crippen LogP contribution in [0.4, 0.5) is 5.69 Å². The molecule has 0 aliphatic carbocycles. The van der Waals surface area contributed by atoms with Crippen LogP contribution in [0.3, 0.4) is 0 Å². The number of benzene rings is 1. The van der Waals surface area contributed by atoms with Crippen LogP contribution in [0.2, 0.25) is 0 Å². The van der Waals surface area contributed by atoms with E-state index in [0.29, 0.717) is 0 Å². The molecule has 1 heterocycles. The number of aryl methyl sites for hydroxylation is 1. The lowest BCUT2D eigenvalue weighted by molar-refractivity contribution is 0.386. The van der Waals surface area contributed by atoms with Crippen LogP contribution in [0.1, 0.15) is 47.5 Å². The molecule has 0 aliphatic heterocycles. The summed E-state index contributed by atoms with van der Waals surface area (Å²) in [5.74, 6) is 0.756. The fourth-order valence-corrected chi connectivity index (χ4v) is 3.04. The maximum atomic E-state index is 4.36. The van der Waals surface area contributed by atoms with Crippen LogP contribution < -0.4 is 4.90 Å². The summed E-state index contributed by atoms with van der Waals surface area (Å²) < 4.78 is 1.94. The maximum absolute atomic E-state index is 4.36. The summed E-state index contributed by atoms with van der Waals surface area (Å²) in [4.78, 5) is 2.56. The molecule has 0 spiro atoms. The van der Waals surface area contributed by atoms with Gasteiger partial charge in [-0.15, -0.1) is 0 Å². The average molecular weight is 301 g/mol. The Morgan fingerprint density at radius 2 is 1.86 bits per heavy atom. The van der Waals surface area contributed by atoms with Crippen molar-refractivity contribution >= 4 is 16.6 Å². The van der Waals surface area contributed by atoms with Crippen molar-refractivity contribution in [2.24, 2.45) is 18.4 Å². The van der Waals surface area contributed by atoms with E-state index in [1.807, 2.05) is 17.9 Å². The highest BCUT2D eigenvalue weighted by molar-refractivity contribution is 5.82. The molecule has 2 aromatic rings. The largest absolute Gasteiger partial charge is 0.371 e. The molecule has 3 heteroatoms. The highest BCUT2D eigenvalue weighted by Gasteiger charge is 2.20. The molecule has 0 radical (unpaired) electrons. The third-order valence-electron chi connectivity index (χ3n) is 4.39. The quantitative estimate of drug-likeness (QED) is 0.759. The van der Waals surface area contributed by atoms with Gasteiger partial charge in [0, 0.05) is 31.2 Å². The molecule has 0 amide bonds. The number of hydrogen-bond donors (Lipinski definition) is 0. The molecular formula is C19H31N3. The molecule has 0 saturated carbocycles. The number of hydrogen-bond acceptors (Lipinski definition) is 2. The van der Waals surface area contributed by atoms with E-state index in [1.54, 1.807) is 0 Å². The van der Waals surface area contributed by atoms with Crippen molar-refractivity contribution < 1.29 is 0 Å². The van der Waals surface area contributed by atoms with Crippen LogP contribution in [-0.4, -0.2) is 22.9 Å². The van der Waals surface area contributed by atoms with E-state index in [9.17, 15) is 0 Å². The van der Waals surface area contributed by atoms with Crippen LogP contribution in [-0.2, 0) is 7.05 Å². The van der Waals surface area contributed by atoms with Gasteiger partial charge in [0.05, 0.1) is 11.7 Å². The zero-order valence-corrected chi connectivity index (χ0v) is 15.1. The highest BCUT2D eigenvalue weighted by Crippen LogP contribution is 2.27. The van der Waals surface area contributed by atoms with E-state index in [4.69, 9.17) is 0 Å². The Morgan fingerprint density at radius 1 is 1.18 bits per heavy atom. The van der Waals surface area contributed by atoms with E-state index in [0.717, 1.165) is 19.0 Å². The predicted molar refractivity (Wildman–Crippen MR) is 96.5 cm³/mol. The van der Waals surface area contributed by atoms with Gasteiger partial charge in [-0.1, -0.05) is 47.5 Å². The van der Waals surface area contributed by atoms with E-state index >= 15 is 0 Å². The molecule has 1 aromatic carbocycles. The Morgan fingerprint density at radius 3 is 2.45 bits per heavy atom. The van der Waals surface area contributed by atoms with E-state index in [2.05, 4.69) is 62.8 Å². The molecule has 0 aliphatic rings. The number of nitrogens with zero attached hydrogens (tertiary/aromatic N) is 3. The summed E-state index contributed by atoms with van der Waals surface area (Å²) in [6.45, 7) is 13.8. The summed E-state index contributed by atoms with van der Waals surface area (Å²) in [7, 11) is 2.00. The van der Waals surface area contributed by atoms with Crippen molar-refractivity contribution in [2.45, 2.75) is 47.5 Å². The van der Waals surface area contributed by atoms with Crippen LogP contribution in [0, 0.1) is 11.3 Å². The average Bonchev–Trinajstić information content (AvgIpc) is 2.83. The summed E-state index contributed by atoms with van der Waals surface area (Å²) >= 11 is 0. The van der Waals surface area contributed by atoms with Gasteiger partial charge in [-0.05, 0) is 29.5 Å². The zero-order valence-electron chi connectivity index (χ0n) is 15.1. The molecule has 0 N–H and O–H groups in total. The Labute approximate surface area is 135 Å². The Hall–Kier alpha value is -1.51. The van der Waals surface area contributed by atoms with Gasteiger partial charge in [-0.3, -0.25) is 4.68 Å². The first-order chi connectivity index (χ1) is 10.3. The first kappa shape index (κ1) is 16.9. The second-order valence-electron chi connectivity index (χ2n) is 7.63. The minimum Gasteiger partial charge on any atom is -0.371 e. The first-order valence-electron chi connectivity index (χ1n) is 8.50. The van der Waals surface area contributed by atoms with Crippen LogP contribution in [0.25, 0.3) is 10.9 Å². The van der Waals surface area contributed by atoms with Gasteiger partial charge in [0.2, 0.25) is 0 Å². The third kappa shape index (κ3) is 4.02. The molecule has 3 nitrogen and oxygen atoms in total.